The lowest BCUT2D eigenvalue weighted by Gasteiger charge is -2.13. The Balaban J connectivity index is 2.61. The Labute approximate surface area is 117 Å². The van der Waals surface area contributed by atoms with Crippen molar-refractivity contribution in [1.29, 1.82) is 0 Å². The molecule has 2 aromatic rings. The molecule has 0 saturated carbocycles. The van der Waals surface area contributed by atoms with Gasteiger partial charge in [-0.05, 0) is 18.6 Å². The highest BCUT2D eigenvalue weighted by molar-refractivity contribution is 5.69. The molecule has 20 heavy (non-hydrogen) atoms. The van der Waals surface area contributed by atoms with Gasteiger partial charge in [0.25, 0.3) is 0 Å². The normalized spacial score (nSPS) is 10.5. The molecule has 0 amide bonds. The third kappa shape index (κ3) is 2.94. The molecule has 0 bridgehead atoms. The van der Waals surface area contributed by atoms with Gasteiger partial charge in [-0.25, -0.2) is 0 Å². The van der Waals surface area contributed by atoms with E-state index in [-0.39, 0.29) is 11.9 Å². The van der Waals surface area contributed by atoms with Gasteiger partial charge in [0.2, 0.25) is 11.9 Å². The minimum absolute atomic E-state index is 0.0715. The van der Waals surface area contributed by atoms with Gasteiger partial charge in [-0.1, -0.05) is 12.1 Å². The number of nitrogens with two attached hydrogens (primary N) is 2. The number of methoxy groups -OCH3 is 1. The van der Waals surface area contributed by atoms with Crippen molar-refractivity contribution in [3.8, 4) is 17.1 Å². The molecule has 106 valence electrons. The Bertz CT molecular complexity index is 559. The van der Waals surface area contributed by atoms with Crippen LogP contribution in [0.2, 0.25) is 0 Å². The Kier molecular flexibility index (Phi) is 4.31. The first kappa shape index (κ1) is 14.0. The van der Waals surface area contributed by atoms with E-state index in [1.165, 1.54) is 0 Å². The quantitative estimate of drug-likeness (QED) is 0.845. The maximum Gasteiger partial charge on any atom is 0.225 e. The first-order valence-corrected chi connectivity index (χ1v) is 6.16. The fraction of sp³-hybridized carbons (Fsp3) is 0.308. The van der Waals surface area contributed by atoms with Crippen LogP contribution >= 0.6 is 0 Å². The van der Waals surface area contributed by atoms with Gasteiger partial charge in [-0.2, -0.15) is 15.0 Å². The zero-order valence-corrected chi connectivity index (χ0v) is 11.5. The van der Waals surface area contributed by atoms with Crippen molar-refractivity contribution in [2.75, 3.05) is 25.2 Å². The van der Waals surface area contributed by atoms with Crippen LogP contribution in [-0.4, -0.2) is 28.7 Å². The Hall–Kier alpha value is -2.41. The number of benzene rings is 1. The third-order valence-corrected chi connectivity index (χ3v) is 2.61. The molecule has 0 aliphatic carbocycles. The lowest BCUT2D eigenvalue weighted by atomic mass is 10.1. The number of hydrogen-bond acceptors (Lipinski definition) is 7. The van der Waals surface area contributed by atoms with Gasteiger partial charge in [0, 0.05) is 7.11 Å². The van der Waals surface area contributed by atoms with Crippen LogP contribution in [0.15, 0.2) is 18.2 Å². The van der Waals surface area contributed by atoms with E-state index in [0.717, 1.165) is 11.1 Å². The van der Waals surface area contributed by atoms with Gasteiger partial charge < -0.3 is 20.9 Å². The number of anilines is 2. The van der Waals surface area contributed by atoms with Crippen molar-refractivity contribution in [3.63, 3.8) is 0 Å². The van der Waals surface area contributed by atoms with Gasteiger partial charge in [-0.3, -0.25) is 0 Å². The van der Waals surface area contributed by atoms with Crippen LogP contribution in [-0.2, 0) is 11.3 Å². The Morgan fingerprint density at radius 1 is 1.10 bits per heavy atom. The van der Waals surface area contributed by atoms with Crippen LogP contribution in [0.5, 0.6) is 5.75 Å². The van der Waals surface area contributed by atoms with E-state index in [1.807, 2.05) is 25.1 Å². The van der Waals surface area contributed by atoms with Gasteiger partial charge in [0.1, 0.15) is 5.75 Å². The van der Waals surface area contributed by atoms with E-state index in [1.54, 1.807) is 7.11 Å². The molecule has 0 spiro atoms. The summed E-state index contributed by atoms with van der Waals surface area (Å²) in [5.41, 5.74) is 12.9. The van der Waals surface area contributed by atoms with Crippen LogP contribution in [0.3, 0.4) is 0 Å². The van der Waals surface area contributed by atoms with Crippen molar-refractivity contribution in [2.45, 2.75) is 13.5 Å². The first-order chi connectivity index (χ1) is 9.65. The molecule has 7 heteroatoms. The first-order valence-electron chi connectivity index (χ1n) is 6.16. The smallest absolute Gasteiger partial charge is 0.225 e. The van der Waals surface area contributed by atoms with Crippen molar-refractivity contribution in [2.24, 2.45) is 0 Å². The molecule has 4 N–H and O–H groups in total. The molecule has 1 aromatic heterocycles. The van der Waals surface area contributed by atoms with E-state index >= 15 is 0 Å². The van der Waals surface area contributed by atoms with Crippen LogP contribution in [0, 0.1) is 0 Å². The lowest BCUT2D eigenvalue weighted by molar-refractivity contribution is 0.185. The molecule has 7 nitrogen and oxygen atoms in total. The van der Waals surface area contributed by atoms with E-state index in [4.69, 9.17) is 20.9 Å². The summed E-state index contributed by atoms with van der Waals surface area (Å²) in [6.45, 7) is 2.84. The van der Waals surface area contributed by atoms with E-state index in [0.29, 0.717) is 24.8 Å². The van der Waals surface area contributed by atoms with Crippen LogP contribution in [0.4, 0.5) is 11.9 Å². The number of rotatable bonds is 5. The van der Waals surface area contributed by atoms with E-state index in [2.05, 4.69) is 15.0 Å². The summed E-state index contributed by atoms with van der Waals surface area (Å²) in [6, 6.07) is 5.64. The van der Waals surface area contributed by atoms with Crippen molar-refractivity contribution < 1.29 is 9.47 Å². The van der Waals surface area contributed by atoms with E-state index < -0.39 is 0 Å². The van der Waals surface area contributed by atoms with E-state index in [9.17, 15) is 0 Å². The number of nitrogen functional groups attached to an aromatic ring is 2. The van der Waals surface area contributed by atoms with Crippen LogP contribution in [0.1, 0.15) is 12.5 Å². The van der Waals surface area contributed by atoms with Crippen molar-refractivity contribution in [1.82, 2.24) is 15.0 Å². The maximum absolute atomic E-state index is 5.63. The number of aromatic nitrogens is 3. The fourth-order valence-electron chi connectivity index (χ4n) is 1.90. The molecular weight excluding hydrogens is 258 g/mol. The summed E-state index contributed by atoms with van der Waals surface area (Å²) in [5, 5.41) is 0. The molecule has 1 aromatic carbocycles. The van der Waals surface area contributed by atoms with Gasteiger partial charge in [0.05, 0.1) is 18.8 Å². The Morgan fingerprint density at radius 2 is 1.80 bits per heavy atom. The second-order valence-corrected chi connectivity index (χ2v) is 4.03. The zero-order valence-electron chi connectivity index (χ0n) is 11.5. The van der Waals surface area contributed by atoms with Crippen molar-refractivity contribution >= 4 is 11.9 Å². The largest absolute Gasteiger partial charge is 0.493 e. The highest BCUT2D eigenvalue weighted by Gasteiger charge is 2.16. The zero-order chi connectivity index (χ0) is 14.5. The topological polar surface area (TPSA) is 109 Å². The summed E-state index contributed by atoms with van der Waals surface area (Å²) < 4.78 is 10.8. The standard InChI is InChI=1S/C13H17N5O2/c1-3-20-9-6-4-5-8(7-19-2)10(9)11-16-12(14)18-13(15)17-11/h4-6H,3,7H2,1-2H3,(H4,14,15,16,17,18). The van der Waals surface area contributed by atoms with Gasteiger partial charge in [0.15, 0.2) is 5.82 Å². The lowest BCUT2D eigenvalue weighted by Crippen LogP contribution is -2.07. The van der Waals surface area contributed by atoms with Gasteiger partial charge in [-0.15, -0.1) is 0 Å². The summed E-state index contributed by atoms with van der Waals surface area (Å²) in [6.07, 6.45) is 0. The molecule has 0 atom stereocenters. The molecular formula is C13H17N5O2. The highest BCUT2D eigenvalue weighted by atomic mass is 16.5. The molecule has 2 rings (SSSR count). The van der Waals surface area contributed by atoms with Crippen molar-refractivity contribution in [3.05, 3.63) is 23.8 Å². The molecule has 0 aliphatic rings. The highest BCUT2D eigenvalue weighted by Crippen LogP contribution is 2.32. The summed E-state index contributed by atoms with van der Waals surface area (Å²) in [5.74, 6) is 1.18. The summed E-state index contributed by atoms with van der Waals surface area (Å²) in [4.78, 5) is 12.0. The predicted octanol–water partition coefficient (Wildman–Crippen LogP) is 1.25. The average Bonchev–Trinajstić information content (AvgIpc) is 2.38. The number of nitrogens with zero attached hydrogens (tertiary/aromatic N) is 3. The van der Waals surface area contributed by atoms with Crippen LogP contribution in [0.25, 0.3) is 11.4 Å². The second kappa shape index (κ2) is 6.16. The molecule has 0 saturated heterocycles. The second-order valence-electron chi connectivity index (χ2n) is 4.03. The molecule has 0 fully saturated rings. The summed E-state index contributed by atoms with van der Waals surface area (Å²) in [7, 11) is 1.62. The minimum Gasteiger partial charge on any atom is -0.493 e. The summed E-state index contributed by atoms with van der Waals surface area (Å²) >= 11 is 0. The molecule has 0 aliphatic heterocycles. The SMILES string of the molecule is CCOc1cccc(COC)c1-c1nc(N)nc(N)n1. The molecule has 1 heterocycles. The average molecular weight is 275 g/mol. The number of ether oxygens (including phenoxy) is 2. The third-order valence-electron chi connectivity index (χ3n) is 2.61. The molecule has 0 unspecified atom stereocenters. The maximum atomic E-state index is 5.63. The number of hydrogen-bond donors (Lipinski definition) is 2. The van der Waals surface area contributed by atoms with Gasteiger partial charge >= 0.3 is 0 Å². The van der Waals surface area contributed by atoms with Crippen LogP contribution < -0.4 is 16.2 Å². The molecule has 0 radical (unpaired) electrons. The Morgan fingerprint density at radius 3 is 2.40 bits per heavy atom. The monoisotopic (exact) mass is 275 g/mol. The minimum atomic E-state index is 0.0715. The predicted molar refractivity (Wildman–Crippen MR) is 76.0 cm³/mol. The fourth-order valence-corrected chi connectivity index (χ4v) is 1.90.